The van der Waals surface area contributed by atoms with E-state index >= 15 is 0 Å². The molecular formula is C11H18O3. The molecule has 0 aromatic heterocycles. The van der Waals surface area contributed by atoms with E-state index in [9.17, 15) is 9.90 Å². The van der Waals surface area contributed by atoms with Gasteiger partial charge in [0.1, 0.15) is 0 Å². The van der Waals surface area contributed by atoms with Crippen LogP contribution in [0.5, 0.6) is 0 Å². The van der Waals surface area contributed by atoms with E-state index in [0.717, 1.165) is 19.3 Å². The minimum Gasteiger partial charge on any atom is -0.481 e. The molecule has 0 heterocycles. The highest BCUT2D eigenvalue weighted by molar-refractivity contribution is 5.70. The van der Waals surface area contributed by atoms with Crippen LogP contribution in [0.2, 0.25) is 0 Å². The highest BCUT2D eigenvalue weighted by Crippen LogP contribution is 2.34. The molecule has 1 rings (SSSR count). The van der Waals surface area contributed by atoms with Crippen LogP contribution in [-0.2, 0) is 4.79 Å². The van der Waals surface area contributed by atoms with Gasteiger partial charge in [0.2, 0.25) is 0 Å². The Labute approximate surface area is 84.4 Å². The smallest absolute Gasteiger partial charge is 0.306 e. The van der Waals surface area contributed by atoms with Crippen molar-refractivity contribution in [3.8, 4) is 0 Å². The van der Waals surface area contributed by atoms with Gasteiger partial charge in [-0.1, -0.05) is 25.0 Å². The van der Waals surface area contributed by atoms with Gasteiger partial charge in [0.05, 0.1) is 12.0 Å². The molecule has 0 aliphatic heterocycles. The van der Waals surface area contributed by atoms with Crippen LogP contribution >= 0.6 is 0 Å². The van der Waals surface area contributed by atoms with Gasteiger partial charge >= 0.3 is 5.97 Å². The highest BCUT2D eigenvalue weighted by Gasteiger charge is 2.35. The molecule has 1 aliphatic carbocycles. The Morgan fingerprint density at radius 2 is 2.00 bits per heavy atom. The van der Waals surface area contributed by atoms with Crippen LogP contribution in [-0.4, -0.2) is 22.3 Å². The third-order valence-electron chi connectivity index (χ3n) is 3.05. The average Bonchev–Trinajstić information content (AvgIpc) is 2.16. The molecule has 2 N–H and O–H groups in total. The third kappa shape index (κ3) is 2.35. The first-order valence-electron chi connectivity index (χ1n) is 5.10. The van der Waals surface area contributed by atoms with Gasteiger partial charge in [0.15, 0.2) is 0 Å². The first-order chi connectivity index (χ1) is 6.54. The van der Waals surface area contributed by atoms with Crippen LogP contribution in [0.1, 0.15) is 32.6 Å². The number of hydrogen-bond donors (Lipinski definition) is 2. The normalized spacial score (nSPS) is 29.6. The molecule has 0 spiro atoms. The summed E-state index contributed by atoms with van der Waals surface area (Å²) in [6, 6.07) is 0. The fraction of sp³-hybridized carbons (Fsp3) is 0.727. The van der Waals surface area contributed by atoms with Crippen molar-refractivity contribution in [3.05, 3.63) is 12.2 Å². The number of carboxylic acids is 1. The van der Waals surface area contributed by atoms with E-state index < -0.39 is 18.0 Å². The predicted molar refractivity (Wildman–Crippen MR) is 53.9 cm³/mol. The molecule has 1 aliphatic rings. The van der Waals surface area contributed by atoms with Gasteiger partial charge in [0.25, 0.3) is 0 Å². The summed E-state index contributed by atoms with van der Waals surface area (Å²) < 4.78 is 0. The van der Waals surface area contributed by atoms with E-state index in [1.54, 1.807) is 6.92 Å². The summed E-state index contributed by atoms with van der Waals surface area (Å²) in [6.45, 7) is 5.43. The molecular weight excluding hydrogens is 180 g/mol. The summed E-state index contributed by atoms with van der Waals surface area (Å²) in [6.07, 6.45) is 2.79. The zero-order valence-electron chi connectivity index (χ0n) is 8.57. The Kier molecular flexibility index (Phi) is 3.69. The first kappa shape index (κ1) is 11.2. The topological polar surface area (TPSA) is 57.5 Å². The molecule has 14 heavy (non-hydrogen) atoms. The molecule has 3 heteroatoms. The maximum Gasteiger partial charge on any atom is 0.306 e. The Bertz CT molecular complexity index is 235. The van der Waals surface area contributed by atoms with E-state index in [1.807, 2.05) is 0 Å². The molecule has 0 radical (unpaired) electrons. The summed E-state index contributed by atoms with van der Waals surface area (Å²) in [5, 5.41) is 18.8. The molecule has 80 valence electrons. The Morgan fingerprint density at radius 1 is 1.43 bits per heavy atom. The quantitative estimate of drug-likeness (QED) is 0.680. The van der Waals surface area contributed by atoms with Crippen LogP contribution in [0.3, 0.4) is 0 Å². The standard InChI is InChI=1S/C11H18O3/c1-7(2)10(12)8-5-3-4-6-9(8)11(13)14/h8-10,12H,1,3-6H2,2H3,(H,13,14)/t8-,9-,10?/m1/s1. The third-order valence-corrected chi connectivity index (χ3v) is 3.05. The van der Waals surface area contributed by atoms with Gasteiger partial charge in [-0.2, -0.15) is 0 Å². The monoisotopic (exact) mass is 198 g/mol. The molecule has 0 amide bonds. The average molecular weight is 198 g/mol. The van der Waals surface area contributed by atoms with E-state index in [-0.39, 0.29) is 5.92 Å². The van der Waals surface area contributed by atoms with Crippen LogP contribution in [0.25, 0.3) is 0 Å². The number of rotatable bonds is 3. The van der Waals surface area contributed by atoms with Gasteiger partial charge in [-0.15, -0.1) is 0 Å². The number of carbonyl (C=O) groups is 1. The number of aliphatic hydroxyl groups is 1. The zero-order valence-corrected chi connectivity index (χ0v) is 8.57. The SMILES string of the molecule is C=C(C)C(O)[C@@H]1CCCC[C@H]1C(=O)O. The number of hydrogen-bond acceptors (Lipinski definition) is 2. The van der Waals surface area contributed by atoms with Gasteiger partial charge in [-0.05, 0) is 19.8 Å². The van der Waals surface area contributed by atoms with Crippen LogP contribution in [0.15, 0.2) is 12.2 Å². The van der Waals surface area contributed by atoms with Crippen molar-refractivity contribution >= 4 is 5.97 Å². The summed E-state index contributed by atoms with van der Waals surface area (Å²) >= 11 is 0. The molecule has 0 aromatic carbocycles. The molecule has 0 saturated heterocycles. The van der Waals surface area contributed by atoms with E-state index in [2.05, 4.69) is 6.58 Å². The van der Waals surface area contributed by atoms with Crippen molar-refractivity contribution in [1.82, 2.24) is 0 Å². The van der Waals surface area contributed by atoms with Crippen molar-refractivity contribution < 1.29 is 15.0 Å². The summed E-state index contributed by atoms with van der Waals surface area (Å²) in [7, 11) is 0. The minimum atomic E-state index is -0.782. The second-order valence-electron chi connectivity index (χ2n) is 4.18. The zero-order chi connectivity index (χ0) is 10.7. The molecule has 1 saturated carbocycles. The minimum absolute atomic E-state index is 0.140. The summed E-state index contributed by atoms with van der Waals surface area (Å²) in [5.74, 6) is -1.32. The lowest BCUT2D eigenvalue weighted by molar-refractivity contribution is -0.146. The summed E-state index contributed by atoms with van der Waals surface area (Å²) in [4.78, 5) is 11.0. The number of aliphatic carboxylic acids is 1. The maximum absolute atomic E-state index is 11.0. The predicted octanol–water partition coefficient (Wildman–Crippen LogP) is 1.81. The Hall–Kier alpha value is -0.830. The molecule has 0 bridgehead atoms. The molecule has 3 nitrogen and oxygen atoms in total. The second-order valence-corrected chi connectivity index (χ2v) is 4.18. The number of carboxylic acid groups (broad SMARTS) is 1. The maximum atomic E-state index is 11.0. The summed E-state index contributed by atoms with van der Waals surface area (Å²) in [5.41, 5.74) is 0.670. The lowest BCUT2D eigenvalue weighted by atomic mass is 9.75. The van der Waals surface area contributed by atoms with E-state index in [0.29, 0.717) is 12.0 Å². The first-order valence-corrected chi connectivity index (χ1v) is 5.10. The lowest BCUT2D eigenvalue weighted by Gasteiger charge is -2.32. The van der Waals surface area contributed by atoms with E-state index in [1.165, 1.54) is 0 Å². The van der Waals surface area contributed by atoms with Crippen molar-refractivity contribution in [2.75, 3.05) is 0 Å². The fourth-order valence-corrected chi connectivity index (χ4v) is 2.21. The second kappa shape index (κ2) is 4.60. The van der Waals surface area contributed by atoms with Gasteiger partial charge < -0.3 is 10.2 Å². The molecule has 1 unspecified atom stereocenters. The fourth-order valence-electron chi connectivity index (χ4n) is 2.21. The van der Waals surface area contributed by atoms with Crippen molar-refractivity contribution in [2.45, 2.75) is 38.7 Å². The Morgan fingerprint density at radius 3 is 2.50 bits per heavy atom. The van der Waals surface area contributed by atoms with Gasteiger partial charge in [-0.3, -0.25) is 4.79 Å². The number of aliphatic hydroxyl groups excluding tert-OH is 1. The van der Waals surface area contributed by atoms with Crippen LogP contribution in [0.4, 0.5) is 0 Å². The molecule has 1 fully saturated rings. The van der Waals surface area contributed by atoms with Gasteiger partial charge in [-0.25, -0.2) is 0 Å². The highest BCUT2D eigenvalue weighted by atomic mass is 16.4. The largest absolute Gasteiger partial charge is 0.481 e. The van der Waals surface area contributed by atoms with Crippen LogP contribution < -0.4 is 0 Å². The molecule has 0 aromatic rings. The lowest BCUT2D eigenvalue weighted by Crippen LogP contribution is -2.35. The van der Waals surface area contributed by atoms with E-state index in [4.69, 9.17) is 5.11 Å². The Balaban J connectivity index is 2.72. The van der Waals surface area contributed by atoms with Crippen molar-refractivity contribution in [3.63, 3.8) is 0 Å². The molecule has 3 atom stereocenters. The van der Waals surface area contributed by atoms with Crippen LogP contribution in [0, 0.1) is 11.8 Å². The van der Waals surface area contributed by atoms with Gasteiger partial charge in [0, 0.05) is 5.92 Å². The van der Waals surface area contributed by atoms with Crippen molar-refractivity contribution in [2.24, 2.45) is 11.8 Å². The van der Waals surface area contributed by atoms with Crippen molar-refractivity contribution in [1.29, 1.82) is 0 Å².